The van der Waals surface area contributed by atoms with Gasteiger partial charge in [0.15, 0.2) is 0 Å². The highest BCUT2D eigenvalue weighted by atomic mass is 35.5. The number of ether oxygens (including phenoxy) is 3. The number of rotatable bonds is 16. The average molecular weight is 563 g/mol. The van der Waals surface area contributed by atoms with E-state index >= 15 is 0 Å². The summed E-state index contributed by atoms with van der Waals surface area (Å²) in [7, 11) is -1.64. The highest BCUT2D eigenvalue weighted by molar-refractivity contribution is 7.89. The number of likely N-dealkylation sites (N-methyl/N-ethyl adjacent to an activating group) is 1. The molecule has 3 N–H and O–H groups in total. The van der Waals surface area contributed by atoms with E-state index in [-0.39, 0.29) is 24.0 Å². The van der Waals surface area contributed by atoms with E-state index in [4.69, 9.17) is 43.1 Å². The third kappa shape index (κ3) is 11.4. The van der Waals surface area contributed by atoms with Gasteiger partial charge in [0.05, 0.1) is 44.5 Å². The fourth-order valence-corrected chi connectivity index (χ4v) is 5.24. The Kier molecular flexibility index (Phi) is 14.2. The van der Waals surface area contributed by atoms with E-state index in [1.54, 1.807) is 24.3 Å². The second kappa shape index (κ2) is 16.5. The lowest BCUT2D eigenvalue weighted by molar-refractivity contribution is 0.0171. The summed E-state index contributed by atoms with van der Waals surface area (Å²) in [5, 5.41) is 0.847. The lowest BCUT2D eigenvalue weighted by Crippen LogP contribution is -2.33. The van der Waals surface area contributed by atoms with Crippen LogP contribution in [0, 0.1) is 0 Å². The van der Waals surface area contributed by atoms with Gasteiger partial charge in [0.25, 0.3) is 0 Å². The predicted octanol–water partition coefficient (Wildman–Crippen LogP) is 3.19. The number of hydrogen-bond donors (Lipinski definition) is 2. The molecule has 1 heterocycles. The molecule has 11 heteroatoms. The standard InChI is InChI=1S/C25H37Cl2N3O5S/c1-20(26)16-23(27)17-22-6-9-30(2)19-25(22)21-4-3-5-24(18-21)36(31,32)29-8-11-34-13-15-35-14-12-33-10-7-28/h3-5,16-18,25,29H,1,6-15,19,28H2,2H3/b22-17+,23-16+. The molecule has 0 spiro atoms. The van der Waals surface area contributed by atoms with Gasteiger partial charge in [-0.1, -0.05) is 47.5 Å². The molecule has 1 atom stereocenters. The van der Waals surface area contributed by atoms with Crippen molar-refractivity contribution in [3.63, 3.8) is 0 Å². The Labute approximate surface area is 225 Å². The maximum atomic E-state index is 12.9. The van der Waals surface area contributed by atoms with Gasteiger partial charge in [-0.2, -0.15) is 0 Å². The Morgan fingerprint density at radius 1 is 1.17 bits per heavy atom. The van der Waals surface area contributed by atoms with Gasteiger partial charge in [0.2, 0.25) is 10.0 Å². The van der Waals surface area contributed by atoms with E-state index in [0.29, 0.717) is 49.6 Å². The smallest absolute Gasteiger partial charge is 0.240 e. The average Bonchev–Trinajstić information content (AvgIpc) is 2.83. The second-order valence-electron chi connectivity index (χ2n) is 8.36. The summed E-state index contributed by atoms with van der Waals surface area (Å²) in [5.74, 6) is 0.00804. The van der Waals surface area contributed by atoms with Crippen molar-refractivity contribution in [1.29, 1.82) is 0 Å². The van der Waals surface area contributed by atoms with Crippen LogP contribution in [0.5, 0.6) is 0 Å². The zero-order chi connectivity index (χ0) is 26.4. The number of piperidine rings is 1. The first kappa shape index (κ1) is 31.0. The van der Waals surface area contributed by atoms with Crippen LogP contribution in [-0.2, 0) is 24.2 Å². The zero-order valence-corrected chi connectivity index (χ0v) is 23.1. The number of allylic oxidation sites excluding steroid dienone is 4. The number of hydrogen-bond acceptors (Lipinski definition) is 7. The van der Waals surface area contributed by atoms with Crippen molar-refractivity contribution in [1.82, 2.24) is 9.62 Å². The van der Waals surface area contributed by atoms with Crippen LogP contribution in [0.25, 0.3) is 0 Å². The largest absolute Gasteiger partial charge is 0.378 e. The third-order valence-electron chi connectivity index (χ3n) is 5.46. The maximum Gasteiger partial charge on any atom is 0.240 e. The van der Waals surface area contributed by atoms with E-state index in [1.165, 1.54) is 0 Å². The minimum Gasteiger partial charge on any atom is -0.378 e. The molecule has 0 bridgehead atoms. The third-order valence-corrected chi connectivity index (χ3v) is 7.24. The fourth-order valence-electron chi connectivity index (χ4n) is 3.73. The molecule has 1 aliphatic heterocycles. The summed E-state index contributed by atoms with van der Waals surface area (Å²) in [6.07, 6.45) is 4.32. The van der Waals surface area contributed by atoms with Crippen molar-refractivity contribution >= 4 is 33.2 Å². The second-order valence-corrected chi connectivity index (χ2v) is 11.0. The lowest BCUT2D eigenvalue weighted by Gasteiger charge is -2.33. The molecule has 36 heavy (non-hydrogen) atoms. The Morgan fingerprint density at radius 2 is 1.83 bits per heavy atom. The first-order chi connectivity index (χ1) is 17.2. The van der Waals surface area contributed by atoms with Gasteiger partial charge in [-0.15, -0.1) is 0 Å². The number of nitrogens with one attached hydrogen (secondary N) is 1. The van der Waals surface area contributed by atoms with Gasteiger partial charge >= 0.3 is 0 Å². The number of sulfonamides is 1. The van der Waals surface area contributed by atoms with Crippen molar-refractivity contribution < 1.29 is 22.6 Å². The van der Waals surface area contributed by atoms with E-state index in [1.807, 2.05) is 19.2 Å². The molecule has 0 radical (unpaired) electrons. The molecule has 0 saturated carbocycles. The molecule has 1 unspecified atom stereocenters. The Hall–Kier alpha value is -1.27. The Balaban J connectivity index is 1.92. The van der Waals surface area contributed by atoms with Crippen molar-refractivity contribution in [3.05, 3.63) is 64.2 Å². The van der Waals surface area contributed by atoms with Crippen LogP contribution in [-0.4, -0.2) is 86.2 Å². The van der Waals surface area contributed by atoms with Crippen molar-refractivity contribution in [2.24, 2.45) is 5.73 Å². The summed E-state index contributed by atoms with van der Waals surface area (Å²) in [6.45, 7) is 8.40. The van der Waals surface area contributed by atoms with Crippen LogP contribution < -0.4 is 10.5 Å². The summed E-state index contributed by atoms with van der Waals surface area (Å²) >= 11 is 12.2. The molecule has 0 amide bonds. The molecule has 2 rings (SSSR count). The maximum absolute atomic E-state index is 12.9. The number of nitrogens with zero attached hydrogens (tertiary/aromatic N) is 1. The van der Waals surface area contributed by atoms with Crippen LogP contribution in [0.4, 0.5) is 0 Å². The van der Waals surface area contributed by atoms with Crippen LogP contribution in [0.2, 0.25) is 0 Å². The van der Waals surface area contributed by atoms with Crippen LogP contribution in [0.15, 0.2) is 63.5 Å². The first-order valence-electron chi connectivity index (χ1n) is 11.9. The van der Waals surface area contributed by atoms with Crippen LogP contribution in [0.3, 0.4) is 0 Å². The van der Waals surface area contributed by atoms with Gasteiger partial charge in [0.1, 0.15) is 0 Å². The van der Waals surface area contributed by atoms with Gasteiger partial charge in [-0.05, 0) is 43.3 Å². The topological polar surface area (TPSA) is 103 Å². The predicted molar refractivity (Wildman–Crippen MR) is 145 cm³/mol. The van der Waals surface area contributed by atoms with Crippen LogP contribution >= 0.6 is 23.2 Å². The quantitative estimate of drug-likeness (QED) is 0.236. The van der Waals surface area contributed by atoms with E-state index in [0.717, 1.165) is 30.6 Å². The van der Waals surface area contributed by atoms with Gasteiger partial charge < -0.3 is 24.8 Å². The van der Waals surface area contributed by atoms with Crippen molar-refractivity contribution in [2.45, 2.75) is 17.2 Å². The first-order valence-corrected chi connectivity index (χ1v) is 14.1. The zero-order valence-electron chi connectivity index (χ0n) is 20.8. The number of nitrogens with two attached hydrogens (primary N) is 1. The van der Waals surface area contributed by atoms with E-state index in [9.17, 15) is 8.42 Å². The number of halogens is 2. The molecule has 1 saturated heterocycles. The van der Waals surface area contributed by atoms with Gasteiger partial charge in [-0.3, -0.25) is 0 Å². The molecule has 1 aromatic rings. The molecule has 8 nitrogen and oxygen atoms in total. The molecule has 1 aliphatic rings. The Morgan fingerprint density at radius 3 is 2.50 bits per heavy atom. The summed E-state index contributed by atoms with van der Waals surface area (Å²) in [4.78, 5) is 2.43. The molecular weight excluding hydrogens is 525 g/mol. The van der Waals surface area contributed by atoms with E-state index < -0.39 is 10.0 Å². The van der Waals surface area contributed by atoms with Crippen molar-refractivity contribution in [2.75, 3.05) is 72.9 Å². The fraction of sp³-hybridized carbons (Fsp3) is 0.520. The Bertz CT molecular complexity index is 1000. The van der Waals surface area contributed by atoms with Gasteiger partial charge in [0, 0.05) is 42.2 Å². The van der Waals surface area contributed by atoms with Crippen molar-refractivity contribution in [3.8, 4) is 0 Å². The van der Waals surface area contributed by atoms with Crippen LogP contribution in [0.1, 0.15) is 17.9 Å². The summed E-state index contributed by atoms with van der Waals surface area (Å²) in [6, 6.07) is 7.02. The lowest BCUT2D eigenvalue weighted by atomic mass is 9.85. The van der Waals surface area contributed by atoms with E-state index in [2.05, 4.69) is 16.2 Å². The molecule has 1 aromatic carbocycles. The monoisotopic (exact) mass is 561 g/mol. The minimum atomic E-state index is -3.69. The molecule has 0 aromatic heterocycles. The molecule has 0 aliphatic carbocycles. The summed E-state index contributed by atoms with van der Waals surface area (Å²) < 4.78 is 44.4. The summed E-state index contributed by atoms with van der Waals surface area (Å²) in [5.41, 5.74) is 7.37. The highest BCUT2D eigenvalue weighted by Gasteiger charge is 2.25. The number of likely N-dealkylation sites (tertiary alicyclic amines) is 1. The number of benzene rings is 1. The minimum absolute atomic E-state index is 0.00804. The molecular formula is C25H37Cl2N3O5S. The highest BCUT2D eigenvalue weighted by Crippen LogP contribution is 2.34. The normalized spacial score (nSPS) is 18.6. The molecule has 1 fully saturated rings. The SMILES string of the molecule is C=C(Cl)/C=C(Cl)\C=C1/CCN(C)CC1c1cccc(S(=O)(=O)NCCOCCOCCOCCN)c1. The van der Waals surface area contributed by atoms with Gasteiger partial charge in [-0.25, -0.2) is 13.1 Å². The molecule has 202 valence electrons.